The average molecular weight is 450 g/mol. The number of piperidine rings is 1. The highest BCUT2D eigenvalue weighted by Gasteiger charge is 2.43. The minimum atomic E-state index is -0.753. The van der Waals surface area contributed by atoms with Crippen molar-refractivity contribution in [2.75, 3.05) is 25.5 Å². The Morgan fingerprint density at radius 1 is 1.00 bits per heavy atom. The first-order valence-electron chi connectivity index (χ1n) is 12.3. The second kappa shape index (κ2) is 9.68. The molecule has 5 nitrogen and oxygen atoms in total. The minimum Gasteiger partial charge on any atom is -0.359 e. The SMILES string of the molecule is CNC(=O)C[C@@]1(C)C(=O)Nc2ccccc21.C[C@]1(N2CCCCC2)CCCc2ccccc21.[HH]. The first kappa shape index (κ1) is 23.5. The van der Waals surface area contributed by atoms with Gasteiger partial charge in [0.2, 0.25) is 11.8 Å². The van der Waals surface area contributed by atoms with Gasteiger partial charge in [0, 0.05) is 26.1 Å². The Labute approximate surface area is 199 Å². The molecule has 0 saturated carbocycles. The van der Waals surface area contributed by atoms with Crippen molar-refractivity contribution in [2.45, 2.75) is 69.7 Å². The molecule has 1 fully saturated rings. The predicted octanol–water partition coefficient (Wildman–Crippen LogP) is 5.00. The summed E-state index contributed by atoms with van der Waals surface area (Å²) in [6.07, 6.45) is 8.34. The lowest BCUT2D eigenvalue weighted by molar-refractivity contribution is -0.127. The minimum absolute atomic E-state index is 0. The lowest BCUT2D eigenvalue weighted by Crippen LogP contribution is -2.48. The molecule has 178 valence electrons. The maximum absolute atomic E-state index is 11.9. The van der Waals surface area contributed by atoms with E-state index in [1.54, 1.807) is 25.1 Å². The van der Waals surface area contributed by atoms with Crippen molar-refractivity contribution in [2.24, 2.45) is 0 Å². The summed E-state index contributed by atoms with van der Waals surface area (Å²) in [5.74, 6) is -0.244. The zero-order valence-electron chi connectivity index (χ0n) is 20.2. The fraction of sp³-hybridized carbons (Fsp3) is 0.500. The van der Waals surface area contributed by atoms with Crippen LogP contribution in [0.3, 0.4) is 0 Å². The highest BCUT2D eigenvalue weighted by molar-refractivity contribution is 6.08. The van der Waals surface area contributed by atoms with Crippen molar-refractivity contribution < 1.29 is 11.0 Å². The topological polar surface area (TPSA) is 61.4 Å². The van der Waals surface area contributed by atoms with Crippen LogP contribution in [0.25, 0.3) is 0 Å². The van der Waals surface area contributed by atoms with Crippen LogP contribution < -0.4 is 10.6 Å². The summed E-state index contributed by atoms with van der Waals surface area (Å²) in [6.45, 7) is 6.86. The molecule has 33 heavy (non-hydrogen) atoms. The number of hydrogen-bond donors (Lipinski definition) is 2. The lowest BCUT2D eigenvalue weighted by atomic mass is 9.76. The van der Waals surface area contributed by atoms with Gasteiger partial charge >= 0.3 is 0 Å². The van der Waals surface area contributed by atoms with Crippen molar-refractivity contribution in [1.29, 1.82) is 0 Å². The number of aryl methyl sites for hydroxylation is 1. The molecule has 2 atom stereocenters. The summed E-state index contributed by atoms with van der Waals surface area (Å²) in [5, 5.41) is 5.35. The van der Waals surface area contributed by atoms with Gasteiger partial charge in [-0.2, -0.15) is 0 Å². The van der Waals surface area contributed by atoms with Crippen molar-refractivity contribution >= 4 is 17.5 Å². The summed E-state index contributed by atoms with van der Waals surface area (Å²) in [5.41, 5.74) is 4.45. The van der Waals surface area contributed by atoms with Crippen molar-refractivity contribution in [1.82, 2.24) is 10.2 Å². The molecule has 2 heterocycles. The van der Waals surface area contributed by atoms with Crippen LogP contribution in [0.5, 0.6) is 0 Å². The standard InChI is InChI=1S/C16H23N.C12H14N2O2.H2/c1-16(17-12-5-2-6-13-17)11-7-9-14-8-3-4-10-15(14)16;1-12(7-10(15)13-2)8-5-3-4-6-9(8)14-11(12)16;/h3-4,8,10H,2,5-7,9,11-13H2,1H3;3-6H,7H2,1-2H3,(H,13,15)(H,14,16);1H/t16-;12-;/m01./s1. The van der Waals surface area contributed by atoms with Crippen LogP contribution in [0.1, 0.15) is 70.5 Å². The number of hydrogen-bond acceptors (Lipinski definition) is 3. The summed E-state index contributed by atoms with van der Waals surface area (Å²) in [6, 6.07) is 16.6. The third-order valence-electron chi connectivity index (χ3n) is 7.83. The molecule has 0 radical (unpaired) electrons. The molecule has 2 aliphatic heterocycles. The summed E-state index contributed by atoms with van der Waals surface area (Å²) < 4.78 is 0. The number of nitrogens with zero attached hydrogens (tertiary/aromatic N) is 1. The highest BCUT2D eigenvalue weighted by Crippen LogP contribution is 2.41. The number of nitrogens with one attached hydrogen (secondary N) is 2. The van der Waals surface area contributed by atoms with Crippen LogP contribution >= 0.6 is 0 Å². The number of para-hydroxylation sites is 1. The quantitative estimate of drug-likeness (QED) is 0.693. The fourth-order valence-corrected chi connectivity index (χ4v) is 5.78. The highest BCUT2D eigenvalue weighted by atomic mass is 16.2. The molecular formula is C28H39N3O2. The second-order valence-corrected chi connectivity index (χ2v) is 10.0. The normalized spacial score (nSPS) is 26.3. The predicted molar refractivity (Wildman–Crippen MR) is 135 cm³/mol. The summed E-state index contributed by atoms with van der Waals surface area (Å²) in [7, 11) is 1.57. The summed E-state index contributed by atoms with van der Waals surface area (Å²) >= 11 is 0. The largest absolute Gasteiger partial charge is 0.359 e. The average Bonchev–Trinajstić information content (AvgIpc) is 3.10. The van der Waals surface area contributed by atoms with Gasteiger partial charge in [-0.3, -0.25) is 14.5 Å². The van der Waals surface area contributed by atoms with Gasteiger partial charge in [0.25, 0.3) is 0 Å². The van der Waals surface area contributed by atoms with Crippen LogP contribution in [0.15, 0.2) is 48.5 Å². The number of benzene rings is 2. The molecule has 2 aromatic rings. The van der Waals surface area contributed by atoms with Crippen LogP contribution in [-0.2, 0) is 27.0 Å². The molecule has 1 aliphatic carbocycles. The number of rotatable bonds is 3. The number of carbonyl (C=O) groups is 2. The first-order chi connectivity index (χ1) is 15.9. The Balaban J connectivity index is 0.000000186. The van der Waals surface area contributed by atoms with E-state index in [0.29, 0.717) is 5.54 Å². The van der Waals surface area contributed by atoms with Crippen molar-refractivity contribution in [3.8, 4) is 0 Å². The zero-order valence-corrected chi connectivity index (χ0v) is 20.2. The van der Waals surface area contributed by atoms with E-state index in [-0.39, 0.29) is 19.7 Å². The molecule has 1 saturated heterocycles. The number of amides is 2. The van der Waals surface area contributed by atoms with Crippen LogP contribution in [0, 0.1) is 0 Å². The molecule has 2 N–H and O–H groups in total. The molecule has 2 aromatic carbocycles. The smallest absolute Gasteiger partial charge is 0.235 e. The molecule has 2 amide bonds. The zero-order chi connectivity index (χ0) is 23.5. The molecule has 0 bridgehead atoms. The lowest BCUT2D eigenvalue weighted by Gasteiger charge is -2.47. The van der Waals surface area contributed by atoms with Crippen molar-refractivity contribution in [3.63, 3.8) is 0 Å². The molecule has 0 aromatic heterocycles. The maximum atomic E-state index is 11.9. The van der Waals surface area contributed by atoms with Gasteiger partial charge in [-0.05, 0) is 81.8 Å². The van der Waals surface area contributed by atoms with Gasteiger partial charge in [-0.25, -0.2) is 0 Å². The third kappa shape index (κ3) is 4.56. The van der Waals surface area contributed by atoms with Gasteiger partial charge < -0.3 is 10.6 Å². The van der Waals surface area contributed by atoms with Gasteiger partial charge in [0.05, 0.1) is 5.41 Å². The number of likely N-dealkylation sites (tertiary alicyclic amines) is 1. The number of carbonyl (C=O) groups excluding carboxylic acids is 2. The van der Waals surface area contributed by atoms with Gasteiger partial charge in [-0.1, -0.05) is 48.9 Å². The Morgan fingerprint density at radius 3 is 2.39 bits per heavy atom. The number of anilines is 1. The molecule has 3 aliphatic rings. The molecule has 0 unspecified atom stereocenters. The van der Waals surface area contributed by atoms with Crippen LogP contribution in [0.2, 0.25) is 0 Å². The summed E-state index contributed by atoms with van der Waals surface area (Å²) in [4.78, 5) is 26.1. The first-order valence-corrected chi connectivity index (χ1v) is 12.3. The molecule has 0 spiro atoms. The second-order valence-electron chi connectivity index (χ2n) is 10.0. The Hall–Kier alpha value is -2.66. The molecule has 5 rings (SSSR count). The monoisotopic (exact) mass is 449 g/mol. The molecular weight excluding hydrogens is 410 g/mol. The Bertz CT molecular complexity index is 1020. The van der Waals surface area contributed by atoms with Gasteiger partial charge in [-0.15, -0.1) is 0 Å². The van der Waals surface area contributed by atoms with Gasteiger partial charge in [0.15, 0.2) is 0 Å². The fourth-order valence-electron chi connectivity index (χ4n) is 5.78. The number of fused-ring (bicyclic) bond motifs is 2. The van der Waals surface area contributed by atoms with E-state index in [1.165, 1.54) is 51.6 Å². The van der Waals surface area contributed by atoms with E-state index in [0.717, 1.165) is 11.3 Å². The van der Waals surface area contributed by atoms with E-state index in [1.807, 2.05) is 24.3 Å². The van der Waals surface area contributed by atoms with E-state index >= 15 is 0 Å². The van der Waals surface area contributed by atoms with Gasteiger partial charge in [0.1, 0.15) is 0 Å². The Kier molecular flexibility index (Phi) is 6.89. The van der Waals surface area contributed by atoms with Crippen LogP contribution in [0.4, 0.5) is 5.69 Å². The van der Waals surface area contributed by atoms with E-state index < -0.39 is 5.41 Å². The molecule has 5 heteroatoms. The van der Waals surface area contributed by atoms with E-state index in [2.05, 4.69) is 46.7 Å². The third-order valence-corrected chi connectivity index (χ3v) is 7.83. The maximum Gasteiger partial charge on any atom is 0.235 e. The van der Waals surface area contributed by atoms with E-state index in [4.69, 9.17) is 0 Å². The Morgan fingerprint density at radius 2 is 1.67 bits per heavy atom. The van der Waals surface area contributed by atoms with E-state index in [9.17, 15) is 9.59 Å². The van der Waals surface area contributed by atoms with Crippen LogP contribution in [-0.4, -0.2) is 36.9 Å². The van der Waals surface area contributed by atoms with Crippen molar-refractivity contribution in [3.05, 3.63) is 65.2 Å².